The van der Waals surface area contributed by atoms with Crippen molar-refractivity contribution >= 4 is 11.5 Å². The minimum atomic E-state index is -0.419. The second kappa shape index (κ2) is 5.39. The lowest BCUT2D eigenvalue weighted by Gasteiger charge is -2.35. The molecule has 0 saturated carbocycles. The summed E-state index contributed by atoms with van der Waals surface area (Å²) in [7, 11) is 1.33. The van der Waals surface area contributed by atoms with Gasteiger partial charge in [-0.1, -0.05) is 0 Å². The number of aromatic nitrogens is 1. The van der Waals surface area contributed by atoms with E-state index in [0.29, 0.717) is 17.7 Å². The first-order valence-corrected chi connectivity index (χ1v) is 7.43. The Morgan fingerprint density at radius 2 is 2.18 bits per heavy atom. The van der Waals surface area contributed by atoms with Crippen LogP contribution >= 0.6 is 0 Å². The molecule has 0 amide bonds. The molecule has 4 nitrogen and oxygen atoms in total. The first-order valence-electron chi connectivity index (χ1n) is 7.43. The van der Waals surface area contributed by atoms with E-state index in [1.54, 1.807) is 16.7 Å². The molecule has 0 aliphatic carbocycles. The molecule has 1 aliphatic rings. The zero-order valence-electron chi connectivity index (χ0n) is 13.1. The van der Waals surface area contributed by atoms with Gasteiger partial charge in [0, 0.05) is 24.5 Å². The second-order valence-corrected chi connectivity index (χ2v) is 6.43. The minimum absolute atomic E-state index is 0.130. The van der Waals surface area contributed by atoms with Crippen LogP contribution in [0.1, 0.15) is 48.5 Å². The van der Waals surface area contributed by atoms with E-state index < -0.39 is 5.97 Å². The molecule has 0 bridgehead atoms. The van der Waals surface area contributed by atoms with Crippen LogP contribution in [0.15, 0.2) is 24.5 Å². The molecule has 1 unspecified atom stereocenters. The van der Waals surface area contributed by atoms with Crippen molar-refractivity contribution in [3.05, 3.63) is 41.5 Å². The van der Waals surface area contributed by atoms with Crippen LogP contribution in [0.25, 0.3) is 5.52 Å². The molecular weight excluding hydrogens is 285 g/mol. The second-order valence-electron chi connectivity index (χ2n) is 6.43. The van der Waals surface area contributed by atoms with Crippen molar-refractivity contribution in [2.45, 2.75) is 38.2 Å². The molecule has 0 N–H and O–H groups in total. The fraction of sp³-hybridized carbons (Fsp3) is 0.471. The quantitative estimate of drug-likeness (QED) is 0.797. The Labute approximate surface area is 128 Å². The third kappa shape index (κ3) is 2.73. The van der Waals surface area contributed by atoms with Gasteiger partial charge >= 0.3 is 5.97 Å². The molecule has 1 atom stereocenters. The third-order valence-corrected chi connectivity index (χ3v) is 4.27. The summed E-state index contributed by atoms with van der Waals surface area (Å²) in [6.07, 6.45) is 4.60. The number of ether oxygens (including phenoxy) is 2. The number of hydrogen-bond donors (Lipinski definition) is 0. The summed E-state index contributed by atoms with van der Waals surface area (Å²) in [5.41, 5.74) is 1.67. The number of halogens is 1. The van der Waals surface area contributed by atoms with Gasteiger partial charge < -0.3 is 13.9 Å². The number of fused-ring (bicyclic) bond motifs is 1. The van der Waals surface area contributed by atoms with E-state index in [1.807, 2.05) is 19.9 Å². The Morgan fingerprint density at radius 3 is 2.86 bits per heavy atom. The Kier molecular flexibility index (Phi) is 3.68. The zero-order chi connectivity index (χ0) is 15.9. The van der Waals surface area contributed by atoms with Gasteiger partial charge in [-0.2, -0.15) is 0 Å². The van der Waals surface area contributed by atoms with Crippen molar-refractivity contribution in [2.24, 2.45) is 0 Å². The molecule has 0 spiro atoms. The van der Waals surface area contributed by atoms with Gasteiger partial charge in [-0.25, -0.2) is 9.18 Å². The number of pyridine rings is 1. The van der Waals surface area contributed by atoms with Crippen LogP contribution in [0.5, 0.6) is 0 Å². The lowest BCUT2D eigenvalue weighted by atomic mass is 9.83. The highest BCUT2D eigenvalue weighted by Crippen LogP contribution is 2.37. The topological polar surface area (TPSA) is 39.9 Å². The summed E-state index contributed by atoms with van der Waals surface area (Å²) in [6, 6.07) is 3.55. The number of esters is 1. The highest BCUT2D eigenvalue weighted by atomic mass is 19.1. The van der Waals surface area contributed by atoms with Crippen molar-refractivity contribution in [2.75, 3.05) is 13.7 Å². The average Bonchev–Trinajstić information content (AvgIpc) is 2.87. The Balaban J connectivity index is 1.99. The number of carbonyl (C=O) groups excluding carboxylic acids is 1. The molecule has 118 valence electrons. The van der Waals surface area contributed by atoms with E-state index in [2.05, 4.69) is 0 Å². The van der Waals surface area contributed by atoms with Crippen molar-refractivity contribution in [3.63, 3.8) is 0 Å². The van der Waals surface area contributed by atoms with Gasteiger partial charge in [0.1, 0.15) is 5.82 Å². The lowest BCUT2D eigenvalue weighted by molar-refractivity contribution is -0.0596. The van der Waals surface area contributed by atoms with Crippen LogP contribution < -0.4 is 0 Å². The predicted molar refractivity (Wildman–Crippen MR) is 80.7 cm³/mol. The summed E-state index contributed by atoms with van der Waals surface area (Å²) in [4.78, 5) is 11.6. The van der Waals surface area contributed by atoms with Gasteiger partial charge in [-0.15, -0.1) is 0 Å². The molecule has 0 aromatic carbocycles. The number of carbonyl (C=O) groups is 1. The van der Waals surface area contributed by atoms with E-state index in [-0.39, 0.29) is 17.3 Å². The lowest BCUT2D eigenvalue weighted by Crippen LogP contribution is -2.33. The molecule has 5 heteroatoms. The van der Waals surface area contributed by atoms with Crippen molar-refractivity contribution < 1.29 is 18.7 Å². The molecule has 22 heavy (non-hydrogen) atoms. The van der Waals surface area contributed by atoms with Crippen LogP contribution in [-0.4, -0.2) is 29.7 Å². The SMILES string of the molecule is COC(=O)c1cc2cc(C3CCOC(C)(C)C3)c(F)cn2c1. The van der Waals surface area contributed by atoms with E-state index in [4.69, 9.17) is 9.47 Å². The summed E-state index contributed by atoms with van der Waals surface area (Å²) in [6.45, 7) is 4.70. The Hall–Kier alpha value is -1.88. The maximum atomic E-state index is 14.5. The van der Waals surface area contributed by atoms with E-state index in [1.165, 1.54) is 13.3 Å². The molecule has 1 aliphatic heterocycles. The Morgan fingerprint density at radius 1 is 1.41 bits per heavy atom. The highest BCUT2D eigenvalue weighted by molar-refractivity contribution is 5.91. The van der Waals surface area contributed by atoms with Gasteiger partial charge in [0.05, 0.1) is 18.3 Å². The largest absolute Gasteiger partial charge is 0.465 e. The van der Waals surface area contributed by atoms with Crippen LogP contribution in [0.4, 0.5) is 4.39 Å². The summed E-state index contributed by atoms with van der Waals surface area (Å²) < 4.78 is 26.5. The smallest absolute Gasteiger partial charge is 0.339 e. The molecule has 0 radical (unpaired) electrons. The van der Waals surface area contributed by atoms with Crippen molar-refractivity contribution in [3.8, 4) is 0 Å². The maximum Gasteiger partial charge on any atom is 0.339 e. The molecule has 2 aromatic heterocycles. The van der Waals surface area contributed by atoms with Crippen molar-refractivity contribution in [1.82, 2.24) is 4.40 Å². The average molecular weight is 305 g/mol. The van der Waals surface area contributed by atoms with Crippen LogP contribution in [-0.2, 0) is 9.47 Å². The van der Waals surface area contributed by atoms with E-state index in [9.17, 15) is 9.18 Å². The number of hydrogen-bond acceptors (Lipinski definition) is 3. The fourth-order valence-corrected chi connectivity index (χ4v) is 3.19. The maximum absolute atomic E-state index is 14.5. The van der Waals surface area contributed by atoms with Crippen LogP contribution in [0, 0.1) is 5.82 Å². The first kappa shape index (κ1) is 15.0. The summed E-state index contributed by atoms with van der Waals surface area (Å²) >= 11 is 0. The van der Waals surface area contributed by atoms with E-state index in [0.717, 1.165) is 18.4 Å². The number of methoxy groups -OCH3 is 1. The molecule has 3 rings (SSSR count). The molecule has 3 heterocycles. The molecule has 2 aromatic rings. The third-order valence-electron chi connectivity index (χ3n) is 4.27. The summed E-state index contributed by atoms with van der Waals surface area (Å²) in [5, 5.41) is 0. The number of rotatable bonds is 2. The highest BCUT2D eigenvalue weighted by Gasteiger charge is 2.31. The van der Waals surface area contributed by atoms with Gasteiger partial charge in [0.2, 0.25) is 0 Å². The van der Waals surface area contributed by atoms with Gasteiger partial charge in [0.15, 0.2) is 0 Å². The first-order chi connectivity index (χ1) is 10.4. The molecule has 1 fully saturated rings. The van der Waals surface area contributed by atoms with Gasteiger partial charge in [-0.05, 0) is 50.3 Å². The standard InChI is InChI=1S/C17H20FNO3/c1-17(2)8-11(4-5-22-17)14-7-13-6-12(16(20)21-3)9-19(13)10-15(14)18/h6-7,9-11H,4-5,8H2,1-3H3. The summed E-state index contributed by atoms with van der Waals surface area (Å²) in [5.74, 6) is -0.537. The van der Waals surface area contributed by atoms with Crippen molar-refractivity contribution in [1.29, 1.82) is 0 Å². The fourth-order valence-electron chi connectivity index (χ4n) is 3.19. The van der Waals surface area contributed by atoms with Gasteiger partial charge in [0.25, 0.3) is 0 Å². The zero-order valence-corrected chi connectivity index (χ0v) is 13.1. The van der Waals surface area contributed by atoms with Gasteiger partial charge in [-0.3, -0.25) is 0 Å². The minimum Gasteiger partial charge on any atom is -0.465 e. The molecular formula is C17H20FNO3. The predicted octanol–water partition coefficient (Wildman–Crippen LogP) is 3.54. The number of nitrogens with zero attached hydrogens (tertiary/aromatic N) is 1. The Bertz CT molecular complexity index is 720. The normalized spacial score (nSPS) is 21.0. The van der Waals surface area contributed by atoms with E-state index >= 15 is 0 Å². The van der Waals surface area contributed by atoms with Crippen LogP contribution in [0.3, 0.4) is 0 Å². The monoisotopic (exact) mass is 305 g/mol. The molecule has 1 saturated heterocycles. The van der Waals surface area contributed by atoms with Crippen LogP contribution in [0.2, 0.25) is 0 Å².